The fourth-order valence-corrected chi connectivity index (χ4v) is 0.483. The van der Waals surface area contributed by atoms with Crippen LogP contribution in [0.2, 0.25) is 0 Å². The Morgan fingerprint density at radius 3 is 2.54 bits per heavy atom. The number of hydrogen-bond donors (Lipinski definition) is 2. The molecule has 12 heteroatoms. The van der Waals surface area contributed by atoms with E-state index < -0.39 is 16.0 Å². The lowest BCUT2D eigenvalue weighted by atomic mass is 11.1. The van der Waals surface area contributed by atoms with Gasteiger partial charge in [0.1, 0.15) is 0 Å². The average molecular weight is 190 g/mol. The molecule has 1 heterocycles. The molecule has 0 aromatic carbocycles. The Bertz CT molecular complexity index is 298. The lowest BCUT2D eigenvalue weighted by Gasteiger charge is -1.94. The zero-order valence-electron chi connectivity index (χ0n) is 5.82. The first kappa shape index (κ1) is 8.57. The number of nitro groups is 2. The Morgan fingerprint density at radius 1 is 1.31 bits per heavy atom. The van der Waals surface area contributed by atoms with Gasteiger partial charge < -0.3 is 10.1 Å². The summed E-state index contributed by atoms with van der Waals surface area (Å²) in [7, 11) is 0. The first-order valence-corrected chi connectivity index (χ1v) is 2.70. The van der Waals surface area contributed by atoms with Crippen molar-refractivity contribution in [3.8, 4) is 0 Å². The molecule has 1 aromatic rings. The molecule has 0 unspecified atom stereocenters. The van der Waals surface area contributed by atoms with Gasteiger partial charge in [0.2, 0.25) is 0 Å². The third-order valence-corrected chi connectivity index (χ3v) is 0.837. The van der Waals surface area contributed by atoms with Crippen molar-refractivity contribution < 1.29 is 10.1 Å². The van der Waals surface area contributed by atoms with Crippen LogP contribution < -0.4 is 11.0 Å². The molecule has 13 heavy (non-hydrogen) atoms. The molecule has 1 aromatic heterocycles. The standard InChI is InChI=1S/CH2N8O4/c10-8(11)3-1-2-4-5-7(1)6-9(12)13/h6H,(H,2,3,5). The van der Waals surface area contributed by atoms with Crippen LogP contribution in [0.25, 0.3) is 0 Å². The predicted octanol–water partition coefficient (Wildman–Crippen LogP) is -1.99. The molecule has 0 bridgehead atoms. The van der Waals surface area contributed by atoms with E-state index in [9.17, 15) is 20.2 Å². The first-order valence-electron chi connectivity index (χ1n) is 2.70. The van der Waals surface area contributed by atoms with Gasteiger partial charge in [0, 0.05) is 10.0 Å². The molecule has 0 amide bonds. The molecule has 0 spiro atoms. The Hall–Kier alpha value is -2.53. The van der Waals surface area contributed by atoms with Gasteiger partial charge in [-0.3, -0.25) is 0 Å². The summed E-state index contributed by atoms with van der Waals surface area (Å²) in [5.74, 6) is -0.498. The maximum atomic E-state index is 9.89. The minimum absolute atomic E-state index is 0.406. The van der Waals surface area contributed by atoms with E-state index in [4.69, 9.17) is 0 Å². The second kappa shape index (κ2) is 3.24. The fourth-order valence-electron chi connectivity index (χ4n) is 0.483. The number of nitrogens with zero attached hydrogens (tertiary/aromatic N) is 6. The van der Waals surface area contributed by atoms with E-state index in [0.29, 0.717) is 4.79 Å². The highest BCUT2D eigenvalue weighted by Crippen LogP contribution is 1.94. The van der Waals surface area contributed by atoms with Crippen LogP contribution >= 0.6 is 0 Å². The summed E-state index contributed by atoms with van der Waals surface area (Å²) < 4.78 is 0. The van der Waals surface area contributed by atoms with Gasteiger partial charge in [0.05, 0.1) is 10.2 Å². The third-order valence-electron chi connectivity index (χ3n) is 0.837. The van der Waals surface area contributed by atoms with Gasteiger partial charge in [-0.05, 0) is 11.0 Å². The second-order valence-corrected chi connectivity index (χ2v) is 1.64. The topological polar surface area (TPSA) is 154 Å². The maximum absolute atomic E-state index is 9.89. The van der Waals surface area contributed by atoms with Gasteiger partial charge in [-0.15, -0.1) is 0 Å². The van der Waals surface area contributed by atoms with Gasteiger partial charge in [-0.2, -0.15) is 0 Å². The lowest BCUT2D eigenvalue weighted by Crippen LogP contribution is -2.25. The summed E-state index contributed by atoms with van der Waals surface area (Å²) in [6, 6.07) is 0. The molecule has 0 aliphatic rings. The lowest BCUT2D eigenvalue weighted by molar-refractivity contribution is -0.465. The molecule has 0 aliphatic heterocycles. The SMILES string of the molecule is O=[N+]([O-])Nc1nnnn1N[N+](=O)[O-]. The van der Waals surface area contributed by atoms with Crippen molar-refractivity contribution in [2.24, 2.45) is 0 Å². The number of aromatic nitrogens is 4. The first-order chi connectivity index (χ1) is 6.09. The minimum atomic E-state index is -0.971. The molecule has 0 aliphatic carbocycles. The van der Waals surface area contributed by atoms with Gasteiger partial charge >= 0.3 is 5.95 Å². The summed E-state index contributed by atoms with van der Waals surface area (Å²) in [6.07, 6.45) is 0. The van der Waals surface area contributed by atoms with E-state index in [-0.39, 0.29) is 0 Å². The third kappa shape index (κ3) is 2.21. The molecule has 0 fully saturated rings. The number of nitrogens with one attached hydrogen (secondary N) is 2. The molecule has 0 saturated heterocycles. The monoisotopic (exact) mass is 190 g/mol. The highest BCUT2D eigenvalue weighted by Gasteiger charge is 2.17. The van der Waals surface area contributed by atoms with Crippen LogP contribution in [0.3, 0.4) is 0 Å². The molecular weight excluding hydrogens is 188 g/mol. The smallest absolute Gasteiger partial charge is 0.339 e. The highest BCUT2D eigenvalue weighted by molar-refractivity contribution is 5.16. The minimum Gasteiger partial charge on any atom is -0.339 e. The summed E-state index contributed by atoms with van der Waals surface area (Å²) in [6.45, 7) is 0. The quantitative estimate of drug-likeness (QED) is 0.405. The average Bonchev–Trinajstić information content (AvgIpc) is 2.34. The van der Waals surface area contributed by atoms with E-state index in [1.807, 2.05) is 0 Å². The summed E-state index contributed by atoms with van der Waals surface area (Å²) in [5, 5.41) is 26.9. The van der Waals surface area contributed by atoms with Gasteiger partial charge in [0.15, 0.2) is 5.03 Å². The van der Waals surface area contributed by atoms with Crippen LogP contribution in [0.15, 0.2) is 0 Å². The van der Waals surface area contributed by atoms with Crippen LogP contribution in [0, 0.1) is 20.2 Å². The number of tetrazole rings is 1. The number of hydrazine groups is 2. The van der Waals surface area contributed by atoms with Crippen LogP contribution in [0.5, 0.6) is 0 Å². The number of rotatable bonds is 4. The highest BCUT2D eigenvalue weighted by atomic mass is 16.7. The second-order valence-electron chi connectivity index (χ2n) is 1.64. The largest absolute Gasteiger partial charge is 0.421 e. The molecular formula is CH2N8O4. The molecule has 0 radical (unpaired) electrons. The van der Waals surface area contributed by atoms with Crippen LogP contribution in [-0.2, 0) is 0 Å². The number of hydrogen-bond acceptors (Lipinski definition) is 7. The normalized spacial score (nSPS) is 9.23. The van der Waals surface area contributed by atoms with Crippen molar-refractivity contribution >= 4 is 5.95 Å². The van der Waals surface area contributed by atoms with Gasteiger partial charge in [0.25, 0.3) is 0 Å². The van der Waals surface area contributed by atoms with Crippen LogP contribution in [-0.4, -0.2) is 30.4 Å². The molecule has 2 N–H and O–H groups in total. The molecule has 1 rings (SSSR count). The summed E-state index contributed by atoms with van der Waals surface area (Å²) >= 11 is 0. The van der Waals surface area contributed by atoms with Crippen molar-refractivity contribution in [3.63, 3.8) is 0 Å². The van der Waals surface area contributed by atoms with Crippen molar-refractivity contribution in [1.29, 1.82) is 0 Å². The van der Waals surface area contributed by atoms with Gasteiger partial charge in [-0.1, -0.05) is 5.10 Å². The van der Waals surface area contributed by atoms with Crippen molar-refractivity contribution in [2.75, 3.05) is 11.0 Å². The van der Waals surface area contributed by atoms with E-state index in [1.54, 1.807) is 5.43 Å². The van der Waals surface area contributed by atoms with E-state index >= 15 is 0 Å². The summed E-state index contributed by atoms with van der Waals surface area (Å²) in [4.78, 5) is 20.2. The van der Waals surface area contributed by atoms with Crippen molar-refractivity contribution in [1.82, 2.24) is 20.3 Å². The molecule has 0 saturated carbocycles. The number of anilines is 1. The van der Waals surface area contributed by atoms with Crippen LogP contribution in [0.4, 0.5) is 5.95 Å². The Balaban J connectivity index is 2.76. The molecule has 70 valence electrons. The Morgan fingerprint density at radius 2 is 2.00 bits per heavy atom. The molecule has 0 atom stereocenters. The Kier molecular flexibility index (Phi) is 2.14. The predicted molar refractivity (Wildman–Crippen MR) is 34.8 cm³/mol. The fraction of sp³-hybridized carbons (Fsp3) is 0. The van der Waals surface area contributed by atoms with Crippen molar-refractivity contribution in [3.05, 3.63) is 20.2 Å². The van der Waals surface area contributed by atoms with E-state index in [1.165, 1.54) is 5.53 Å². The van der Waals surface area contributed by atoms with E-state index in [0.717, 1.165) is 0 Å². The van der Waals surface area contributed by atoms with E-state index in [2.05, 4.69) is 15.5 Å². The maximum Gasteiger partial charge on any atom is 0.421 e. The van der Waals surface area contributed by atoms with Gasteiger partial charge in [-0.25, -0.2) is 10.1 Å². The Labute approximate surface area is 68.7 Å². The van der Waals surface area contributed by atoms with Crippen LogP contribution in [0.1, 0.15) is 0 Å². The zero-order valence-corrected chi connectivity index (χ0v) is 5.82. The van der Waals surface area contributed by atoms with Crippen molar-refractivity contribution in [2.45, 2.75) is 0 Å². The zero-order chi connectivity index (χ0) is 9.84. The summed E-state index contributed by atoms with van der Waals surface area (Å²) in [5.41, 5.74) is 3.04. The molecule has 12 nitrogen and oxygen atoms in total.